The maximum absolute atomic E-state index is 12.0. The summed E-state index contributed by atoms with van der Waals surface area (Å²) in [6, 6.07) is 0.177. The van der Waals surface area contributed by atoms with Gasteiger partial charge in [0, 0.05) is 38.1 Å². The molecule has 2 saturated heterocycles. The van der Waals surface area contributed by atoms with E-state index in [0.717, 1.165) is 51.9 Å². The second kappa shape index (κ2) is 5.93. The number of hydrogen-bond acceptors (Lipinski definition) is 4. The third-order valence-electron chi connectivity index (χ3n) is 4.65. The number of carbonyl (C=O) groups is 2. The van der Waals surface area contributed by atoms with Gasteiger partial charge in [0.2, 0.25) is 11.8 Å². The average molecular weight is 295 g/mol. The highest BCUT2D eigenvalue weighted by atomic mass is 16.5. The number of nitrogens with zero attached hydrogens (tertiary/aromatic N) is 1. The van der Waals surface area contributed by atoms with Crippen molar-refractivity contribution in [3.8, 4) is 0 Å². The van der Waals surface area contributed by atoms with Crippen molar-refractivity contribution in [2.24, 2.45) is 5.92 Å². The molecule has 0 aromatic carbocycles. The molecule has 0 bridgehead atoms. The van der Waals surface area contributed by atoms with Crippen molar-refractivity contribution in [3.05, 3.63) is 0 Å². The normalized spacial score (nSPS) is 25.3. The summed E-state index contributed by atoms with van der Waals surface area (Å²) < 4.78 is 5.63. The van der Waals surface area contributed by atoms with Crippen molar-refractivity contribution in [2.45, 2.75) is 44.2 Å². The number of ether oxygens (including phenoxy) is 1. The Morgan fingerprint density at radius 3 is 2.43 bits per heavy atom. The van der Waals surface area contributed by atoms with Gasteiger partial charge in [-0.1, -0.05) is 0 Å². The van der Waals surface area contributed by atoms with Crippen LogP contribution in [0.3, 0.4) is 0 Å². The first kappa shape index (κ1) is 14.8. The van der Waals surface area contributed by atoms with E-state index < -0.39 is 0 Å². The van der Waals surface area contributed by atoms with Gasteiger partial charge in [-0.2, -0.15) is 0 Å². The molecule has 0 unspecified atom stereocenters. The molecule has 2 heterocycles. The molecule has 2 aliphatic heterocycles. The largest absolute Gasteiger partial charge is 0.363 e. The van der Waals surface area contributed by atoms with Gasteiger partial charge < -0.3 is 20.3 Å². The second-order valence-electron chi connectivity index (χ2n) is 6.78. The molecule has 6 heteroatoms. The van der Waals surface area contributed by atoms with Gasteiger partial charge in [0.15, 0.2) is 0 Å². The van der Waals surface area contributed by atoms with E-state index in [1.165, 1.54) is 0 Å². The fourth-order valence-corrected chi connectivity index (χ4v) is 2.92. The predicted octanol–water partition coefficient (Wildman–Crippen LogP) is -0.118. The summed E-state index contributed by atoms with van der Waals surface area (Å²) in [5.41, 5.74) is -0.183. The fraction of sp³-hybridized carbons (Fsp3) is 0.867. The van der Waals surface area contributed by atoms with E-state index in [1.54, 1.807) is 0 Å². The summed E-state index contributed by atoms with van der Waals surface area (Å²) in [7, 11) is 0. The lowest BCUT2D eigenvalue weighted by Crippen LogP contribution is -2.60. The van der Waals surface area contributed by atoms with Crippen LogP contribution in [0, 0.1) is 5.92 Å². The molecule has 3 aliphatic rings. The fourth-order valence-electron chi connectivity index (χ4n) is 2.92. The monoisotopic (exact) mass is 295 g/mol. The molecule has 6 nitrogen and oxygen atoms in total. The zero-order valence-electron chi connectivity index (χ0n) is 12.7. The predicted molar refractivity (Wildman–Crippen MR) is 77.7 cm³/mol. The molecule has 0 atom stereocenters. The number of nitrogens with one attached hydrogen (secondary N) is 2. The van der Waals surface area contributed by atoms with Crippen molar-refractivity contribution in [1.82, 2.24) is 15.5 Å². The Labute approximate surface area is 125 Å². The summed E-state index contributed by atoms with van der Waals surface area (Å²) in [5.74, 6) is 0.560. The van der Waals surface area contributed by atoms with E-state index in [2.05, 4.69) is 10.6 Å². The van der Waals surface area contributed by atoms with E-state index in [9.17, 15) is 9.59 Å². The van der Waals surface area contributed by atoms with Gasteiger partial charge in [-0.15, -0.1) is 0 Å². The van der Waals surface area contributed by atoms with Gasteiger partial charge in [-0.05, 0) is 32.6 Å². The topological polar surface area (TPSA) is 70.7 Å². The Morgan fingerprint density at radius 2 is 1.90 bits per heavy atom. The summed E-state index contributed by atoms with van der Waals surface area (Å²) in [4.78, 5) is 25.8. The molecule has 0 aromatic rings. The van der Waals surface area contributed by atoms with Crippen LogP contribution in [0.2, 0.25) is 0 Å². The Bertz CT molecular complexity index is 410. The number of rotatable bonds is 5. The smallest absolute Gasteiger partial charge is 0.246 e. The van der Waals surface area contributed by atoms with Crippen molar-refractivity contribution in [3.63, 3.8) is 0 Å². The van der Waals surface area contributed by atoms with Gasteiger partial charge in [-0.3, -0.25) is 9.59 Å². The van der Waals surface area contributed by atoms with E-state index in [0.29, 0.717) is 11.8 Å². The van der Waals surface area contributed by atoms with Gasteiger partial charge in [0.25, 0.3) is 0 Å². The number of piperidine rings is 1. The van der Waals surface area contributed by atoms with Crippen LogP contribution in [0.15, 0.2) is 0 Å². The van der Waals surface area contributed by atoms with Crippen LogP contribution in [0.25, 0.3) is 0 Å². The first-order valence-electron chi connectivity index (χ1n) is 7.99. The quantitative estimate of drug-likeness (QED) is 0.742. The Morgan fingerprint density at radius 1 is 1.24 bits per heavy atom. The Balaban J connectivity index is 1.34. The van der Waals surface area contributed by atoms with Crippen LogP contribution in [0.1, 0.15) is 32.6 Å². The zero-order chi connectivity index (χ0) is 14.9. The number of amides is 2. The van der Waals surface area contributed by atoms with Gasteiger partial charge in [0.1, 0.15) is 6.61 Å². The highest BCUT2D eigenvalue weighted by Crippen LogP contribution is 2.31. The molecule has 1 aliphatic carbocycles. The molecule has 2 N–H and O–H groups in total. The minimum Gasteiger partial charge on any atom is -0.363 e. The molecular formula is C15H25N3O3. The van der Waals surface area contributed by atoms with Crippen molar-refractivity contribution in [1.29, 1.82) is 0 Å². The van der Waals surface area contributed by atoms with Crippen molar-refractivity contribution < 1.29 is 14.3 Å². The molecule has 3 fully saturated rings. The summed E-state index contributed by atoms with van der Waals surface area (Å²) in [6.07, 6.45) is 3.81. The van der Waals surface area contributed by atoms with Crippen molar-refractivity contribution >= 4 is 11.8 Å². The summed E-state index contributed by atoms with van der Waals surface area (Å²) >= 11 is 0. The van der Waals surface area contributed by atoms with E-state index in [1.807, 2.05) is 11.8 Å². The molecule has 21 heavy (non-hydrogen) atoms. The lowest BCUT2D eigenvalue weighted by Gasteiger charge is -2.39. The molecule has 118 valence electrons. The van der Waals surface area contributed by atoms with Gasteiger partial charge >= 0.3 is 0 Å². The molecule has 0 spiro atoms. The SMILES string of the molecule is CC1(OCC(=O)NC2CCN(C(=O)C3CC3)CC2)CNC1. The standard InChI is InChI=1S/C15H25N3O3/c1-15(9-16-10-15)21-8-13(19)17-12-4-6-18(7-5-12)14(20)11-2-3-11/h11-12,16H,2-10H2,1H3,(H,17,19). The average Bonchev–Trinajstić information content (AvgIpc) is 3.28. The molecule has 1 saturated carbocycles. The van der Waals surface area contributed by atoms with Crippen LogP contribution in [-0.4, -0.2) is 61.1 Å². The van der Waals surface area contributed by atoms with Crippen LogP contribution in [0.4, 0.5) is 0 Å². The van der Waals surface area contributed by atoms with Crippen molar-refractivity contribution in [2.75, 3.05) is 32.8 Å². The highest BCUT2D eigenvalue weighted by Gasteiger charge is 2.35. The maximum Gasteiger partial charge on any atom is 0.246 e. The van der Waals surface area contributed by atoms with Crippen LogP contribution in [-0.2, 0) is 14.3 Å². The van der Waals surface area contributed by atoms with Crippen LogP contribution >= 0.6 is 0 Å². The van der Waals surface area contributed by atoms with E-state index >= 15 is 0 Å². The zero-order valence-corrected chi connectivity index (χ0v) is 12.7. The number of carbonyl (C=O) groups excluding carboxylic acids is 2. The molecule has 2 amide bonds. The highest BCUT2D eigenvalue weighted by molar-refractivity contribution is 5.81. The second-order valence-corrected chi connectivity index (χ2v) is 6.78. The first-order chi connectivity index (χ1) is 10.1. The summed E-state index contributed by atoms with van der Waals surface area (Å²) in [6.45, 7) is 5.29. The maximum atomic E-state index is 12.0. The molecule has 3 rings (SSSR count). The van der Waals surface area contributed by atoms with Gasteiger partial charge in [-0.25, -0.2) is 0 Å². The first-order valence-corrected chi connectivity index (χ1v) is 7.99. The third kappa shape index (κ3) is 3.74. The number of hydrogen-bond donors (Lipinski definition) is 2. The van der Waals surface area contributed by atoms with Gasteiger partial charge in [0.05, 0.1) is 5.60 Å². The van der Waals surface area contributed by atoms with Crippen LogP contribution < -0.4 is 10.6 Å². The Kier molecular flexibility index (Phi) is 4.17. The third-order valence-corrected chi connectivity index (χ3v) is 4.65. The minimum atomic E-state index is -0.183. The lowest BCUT2D eigenvalue weighted by molar-refractivity contribution is -0.137. The lowest BCUT2D eigenvalue weighted by atomic mass is 10.0. The Hall–Kier alpha value is -1.14. The van der Waals surface area contributed by atoms with E-state index in [4.69, 9.17) is 4.74 Å². The van der Waals surface area contributed by atoms with E-state index in [-0.39, 0.29) is 24.2 Å². The molecule has 0 radical (unpaired) electrons. The molecule has 0 aromatic heterocycles. The van der Waals surface area contributed by atoms with Crippen LogP contribution in [0.5, 0.6) is 0 Å². The number of likely N-dealkylation sites (tertiary alicyclic amines) is 1. The molecular weight excluding hydrogens is 270 g/mol. The minimum absolute atomic E-state index is 0.0462. The summed E-state index contributed by atoms with van der Waals surface area (Å²) in [5, 5.41) is 6.16.